The number of furan rings is 1. The average Bonchev–Trinajstić information content (AvgIpc) is 3.12. The molecule has 0 amide bonds. The molecule has 160 valence electrons. The smallest absolute Gasteiger partial charge is 0.137 e. The molecule has 3 atom stereocenters. The molecular formula is C26H33NO3. The lowest BCUT2D eigenvalue weighted by Crippen LogP contribution is -2.42. The van der Waals surface area contributed by atoms with Crippen LogP contribution in [-0.2, 0) is 16.8 Å². The van der Waals surface area contributed by atoms with Crippen LogP contribution in [0.15, 0.2) is 52.9 Å². The Morgan fingerprint density at radius 2 is 1.87 bits per heavy atom. The number of aryl methyl sites for hydroxylation is 1. The minimum atomic E-state index is -0.928. The van der Waals surface area contributed by atoms with E-state index in [1.54, 1.807) is 0 Å². The fourth-order valence-electron chi connectivity index (χ4n) is 5.07. The van der Waals surface area contributed by atoms with Crippen molar-refractivity contribution in [2.75, 3.05) is 27.2 Å². The van der Waals surface area contributed by atoms with E-state index in [0.29, 0.717) is 19.4 Å². The van der Waals surface area contributed by atoms with Crippen LogP contribution in [0.1, 0.15) is 48.3 Å². The SMILES string of the molecule is CCC(O)(c1ccccc1C)C(CC1OCCc2c1oc1ccccc21)CN(C)C. The Kier molecular flexibility index (Phi) is 6.01. The molecule has 0 spiro atoms. The van der Waals surface area contributed by atoms with Crippen LogP contribution in [0, 0.1) is 12.8 Å². The zero-order valence-corrected chi connectivity index (χ0v) is 18.5. The molecule has 1 aliphatic rings. The predicted molar refractivity (Wildman–Crippen MR) is 121 cm³/mol. The highest BCUT2D eigenvalue weighted by Gasteiger charge is 2.41. The second-order valence-electron chi connectivity index (χ2n) is 8.84. The first kappa shape index (κ1) is 21.1. The third-order valence-corrected chi connectivity index (χ3v) is 6.60. The second-order valence-corrected chi connectivity index (χ2v) is 8.84. The summed E-state index contributed by atoms with van der Waals surface area (Å²) in [7, 11) is 4.13. The van der Waals surface area contributed by atoms with Crippen LogP contribution in [0.3, 0.4) is 0 Å². The van der Waals surface area contributed by atoms with Crippen molar-refractivity contribution < 1.29 is 14.3 Å². The standard InChI is InChI=1S/C26H33NO3/c1-5-26(28,22-12-8-6-10-18(22)2)19(17-27(3)4)16-24-25-21(14-15-29-24)20-11-7-9-13-23(20)30-25/h6-13,19,24,28H,5,14-17H2,1-4H3. The number of nitrogens with zero attached hydrogens (tertiary/aromatic N) is 1. The van der Waals surface area contributed by atoms with Gasteiger partial charge < -0.3 is 19.2 Å². The number of hydrogen-bond donors (Lipinski definition) is 1. The van der Waals surface area contributed by atoms with Gasteiger partial charge in [0.15, 0.2) is 0 Å². The summed E-state index contributed by atoms with van der Waals surface area (Å²) in [5.74, 6) is 0.942. The molecular weight excluding hydrogens is 374 g/mol. The fraction of sp³-hybridized carbons (Fsp3) is 0.462. The van der Waals surface area contributed by atoms with Crippen LogP contribution >= 0.6 is 0 Å². The molecule has 0 aliphatic carbocycles. The number of rotatable bonds is 7. The van der Waals surface area contributed by atoms with Gasteiger partial charge in [-0.05, 0) is 57.5 Å². The maximum Gasteiger partial charge on any atom is 0.137 e. The van der Waals surface area contributed by atoms with Crippen LogP contribution < -0.4 is 0 Å². The van der Waals surface area contributed by atoms with E-state index in [1.807, 2.05) is 24.3 Å². The molecule has 4 heteroatoms. The Morgan fingerprint density at radius 1 is 1.13 bits per heavy atom. The predicted octanol–water partition coefficient (Wildman–Crippen LogP) is 5.22. The van der Waals surface area contributed by atoms with E-state index < -0.39 is 5.60 Å². The maximum absolute atomic E-state index is 12.0. The Morgan fingerprint density at radius 3 is 2.60 bits per heavy atom. The number of hydrogen-bond acceptors (Lipinski definition) is 4. The van der Waals surface area contributed by atoms with Gasteiger partial charge >= 0.3 is 0 Å². The normalized spacial score (nSPS) is 19.6. The molecule has 4 rings (SSSR count). The van der Waals surface area contributed by atoms with Crippen LogP contribution in [0.5, 0.6) is 0 Å². The van der Waals surface area contributed by atoms with Crippen LogP contribution in [0.2, 0.25) is 0 Å². The van der Waals surface area contributed by atoms with Gasteiger partial charge in [0.05, 0.1) is 12.2 Å². The molecule has 0 radical (unpaired) electrons. The Hall–Kier alpha value is -2.14. The van der Waals surface area contributed by atoms with Crippen molar-refractivity contribution in [1.82, 2.24) is 4.90 Å². The first-order chi connectivity index (χ1) is 14.4. The number of benzene rings is 2. The van der Waals surface area contributed by atoms with Gasteiger partial charge in [0.25, 0.3) is 0 Å². The van der Waals surface area contributed by atoms with Crippen molar-refractivity contribution in [2.24, 2.45) is 5.92 Å². The second kappa shape index (κ2) is 8.54. The highest BCUT2D eigenvalue weighted by atomic mass is 16.5. The molecule has 0 bridgehead atoms. The Bertz CT molecular complexity index is 1010. The Balaban J connectivity index is 1.72. The minimum Gasteiger partial charge on any atom is -0.458 e. The molecule has 4 nitrogen and oxygen atoms in total. The van der Waals surface area contributed by atoms with Crippen LogP contribution in [0.4, 0.5) is 0 Å². The van der Waals surface area contributed by atoms with E-state index in [9.17, 15) is 5.11 Å². The summed E-state index contributed by atoms with van der Waals surface area (Å²) in [5, 5.41) is 13.2. The maximum atomic E-state index is 12.0. The minimum absolute atomic E-state index is 0.00256. The molecule has 1 N–H and O–H groups in total. The molecule has 30 heavy (non-hydrogen) atoms. The van der Waals surface area contributed by atoms with Gasteiger partial charge in [0.2, 0.25) is 0 Å². The molecule has 3 aromatic rings. The first-order valence-corrected chi connectivity index (χ1v) is 11.0. The third-order valence-electron chi connectivity index (χ3n) is 6.60. The summed E-state index contributed by atoms with van der Waals surface area (Å²) >= 11 is 0. The van der Waals surface area contributed by atoms with Crippen molar-refractivity contribution in [2.45, 2.75) is 44.8 Å². The largest absolute Gasteiger partial charge is 0.458 e. The van der Waals surface area contributed by atoms with Gasteiger partial charge in [-0.25, -0.2) is 0 Å². The fourth-order valence-corrected chi connectivity index (χ4v) is 5.07. The molecule has 0 saturated carbocycles. The first-order valence-electron chi connectivity index (χ1n) is 11.0. The van der Waals surface area contributed by atoms with E-state index in [1.165, 1.54) is 10.9 Å². The number of ether oxygens (including phenoxy) is 1. The van der Waals surface area contributed by atoms with Gasteiger partial charge in [-0.15, -0.1) is 0 Å². The summed E-state index contributed by atoms with van der Waals surface area (Å²) < 4.78 is 12.5. The highest BCUT2D eigenvalue weighted by Crippen LogP contribution is 2.44. The molecule has 2 aromatic carbocycles. The summed E-state index contributed by atoms with van der Waals surface area (Å²) in [6.07, 6.45) is 2.09. The van der Waals surface area contributed by atoms with E-state index in [2.05, 4.69) is 57.1 Å². The zero-order valence-electron chi connectivity index (χ0n) is 18.5. The van der Waals surface area contributed by atoms with Gasteiger partial charge in [0.1, 0.15) is 17.4 Å². The summed E-state index contributed by atoms with van der Waals surface area (Å²) in [6, 6.07) is 16.4. The van der Waals surface area contributed by atoms with Crippen molar-refractivity contribution in [3.8, 4) is 0 Å². The number of aliphatic hydroxyl groups is 1. The number of fused-ring (bicyclic) bond motifs is 3. The molecule has 1 aromatic heterocycles. The summed E-state index contributed by atoms with van der Waals surface area (Å²) in [5.41, 5.74) is 3.40. The monoisotopic (exact) mass is 407 g/mol. The highest BCUT2D eigenvalue weighted by molar-refractivity contribution is 5.82. The lowest BCUT2D eigenvalue weighted by Gasteiger charge is -2.40. The van der Waals surface area contributed by atoms with Gasteiger partial charge in [-0.2, -0.15) is 0 Å². The lowest BCUT2D eigenvalue weighted by atomic mass is 9.74. The van der Waals surface area contributed by atoms with Crippen LogP contribution in [0.25, 0.3) is 11.0 Å². The summed E-state index contributed by atoms with van der Waals surface area (Å²) in [6.45, 7) is 5.61. The van der Waals surface area contributed by atoms with Gasteiger partial charge in [-0.3, -0.25) is 0 Å². The molecule has 2 heterocycles. The van der Waals surface area contributed by atoms with Gasteiger partial charge in [0, 0.05) is 23.4 Å². The lowest BCUT2D eigenvalue weighted by molar-refractivity contribution is -0.0723. The molecule has 3 unspecified atom stereocenters. The Labute approximate surface area is 179 Å². The quantitative estimate of drug-likeness (QED) is 0.583. The van der Waals surface area contributed by atoms with Gasteiger partial charge in [-0.1, -0.05) is 49.4 Å². The zero-order chi connectivity index (χ0) is 21.3. The van der Waals surface area contributed by atoms with E-state index in [4.69, 9.17) is 9.15 Å². The van der Waals surface area contributed by atoms with Crippen LogP contribution in [-0.4, -0.2) is 37.3 Å². The molecule has 0 fully saturated rings. The average molecular weight is 408 g/mol. The molecule has 1 aliphatic heterocycles. The topological polar surface area (TPSA) is 45.8 Å². The van der Waals surface area contributed by atoms with Crippen molar-refractivity contribution >= 4 is 11.0 Å². The van der Waals surface area contributed by atoms with E-state index in [0.717, 1.165) is 35.4 Å². The van der Waals surface area contributed by atoms with E-state index >= 15 is 0 Å². The van der Waals surface area contributed by atoms with E-state index in [-0.39, 0.29) is 12.0 Å². The molecule has 0 saturated heterocycles. The van der Waals surface area contributed by atoms with Crippen molar-refractivity contribution in [3.63, 3.8) is 0 Å². The summed E-state index contributed by atoms with van der Waals surface area (Å²) in [4.78, 5) is 2.16. The third kappa shape index (κ3) is 3.80. The number of para-hydroxylation sites is 1. The van der Waals surface area contributed by atoms with Crippen molar-refractivity contribution in [3.05, 3.63) is 71.0 Å². The van der Waals surface area contributed by atoms with Crippen molar-refractivity contribution in [1.29, 1.82) is 0 Å².